The van der Waals surface area contributed by atoms with E-state index in [1.807, 2.05) is 11.0 Å². The summed E-state index contributed by atoms with van der Waals surface area (Å²) in [5.74, 6) is 0.934. The molecule has 7 heteroatoms. The van der Waals surface area contributed by atoms with Crippen LogP contribution in [-0.2, 0) is 4.79 Å². The number of piperidine rings is 2. The minimum absolute atomic E-state index is 0.00814. The van der Waals surface area contributed by atoms with Crippen molar-refractivity contribution in [2.45, 2.75) is 63.3 Å². The predicted octanol–water partition coefficient (Wildman–Crippen LogP) is 2.23. The van der Waals surface area contributed by atoms with Gasteiger partial charge in [-0.2, -0.15) is 5.10 Å². The highest BCUT2D eigenvalue weighted by atomic mass is 16.2. The Morgan fingerprint density at radius 1 is 1.00 bits per heavy atom. The van der Waals surface area contributed by atoms with Crippen molar-refractivity contribution >= 4 is 11.8 Å². The van der Waals surface area contributed by atoms with E-state index in [1.54, 1.807) is 0 Å². The lowest BCUT2D eigenvalue weighted by Gasteiger charge is -2.52. The number of likely N-dealkylation sites (N-methyl/N-ethyl adjacent to an activating group) is 1. The van der Waals surface area contributed by atoms with Gasteiger partial charge in [-0.05, 0) is 76.4 Å². The van der Waals surface area contributed by atoms with Gasteiger partial charge in [0.15, 0.2) is 0 Å². The van der Waals surface area contributed by atoms with Gasteiger partial charge in [-0.15, -0.1) is 0 Å². The first-order valence-electron chi connectivity index (χ1n) is 11.4. The number of nitrogens with one attached hydrogen (secondary N) is 1. The molecule has 1 N–H and O–H groups in total. The van der Waals surface area contributed by atoms with Crippen molar-refractivity contribution in [3.63, 3.8) is 0 Å². The van der Waals surface area contributed by atoms with Gasteiger partial charge in [-0.25, -0.2) is 0 Å². The number of hydrogen-bond donors (Lipinski definition) is 1. The first-order chi connectivity index (χ1) is 14.1. The Bertz CT molecular complexity index is 772. The lowest BCUT2D eigenvalue weighted by molar-refractivity contribution is -0.145. The number of hydrogen-bond acceptors (Lipinski definition) is 4. The summed E-state index contributed by atoms with van der Waals surface area (Å²) in [4.78, 5) is 32.7. The molecule has 1 aromatic heterocycles. The van der Waals surface area contributed by atoms with E-state index in [0.717, 1.165) is 76.9 Å². The molecule has 5 rings (SSSR count). The lowest BCUT2D eigenvalue weighted by atomic mass is 9.66. The van der Waals surface area contributed by atoms with E-state index in [1.165, 1.54) is 12.8 Å². The molecule has 0 aromatic carbocycles. The number of carbonyl (C=O) groups excluding carboxylic acids is 2. The molecule has 4 heterocycles. The molecular formula is C22H33N5O2. The third-order valence-corrected chi connectivity index (χ3v) is 7.74. The highest BCUT2D eigenvalue weighted by Crippen LogP contribution is 2.45. The van der Waals surface area contributed by atoms with Crippen LogP contribution in [0.25, 0.3) is 0 Å². The van der Waals surface area contributed by atoms with Crippen molar-refractivity contribution < 1.29 is 9.59 Å². The summed E-state index contributed by atoms with van der Waals surface area (Å²) in [5, 5.41) is 7.33. The standard InChI is InChI=1S/C22H33N5O2/c1-25-10-4-7-22(19(25)21(29)26-11-2-3-12-26)8-13-27(14-9-22)20(28)18-15-17(23-24-18)16-5-6-16/h15-16,19H,2-14H2,1H3,(H,23,24). The van der Waals surface area contributed by atoms with Crippen molar-refractivity contribution in [2.24, 2.45) is 5.41 Å². The quantitative estimate of drug-likeness (QED) is 0.846. The van der Waals surface area contributed by atoms with Crippen LogP contribution in [0.15, 0.2) is 6.07 Å². The van der Waals surface area contributed by atoms with Crippen molar-refractivity contribution in [3.05, 3.63) is 17.5 Å². The topological polar surface area (TPSA) is 72.5 Å². The molecule has 1 aromatic rings. The Labute approximate surface area is 172 Å². The van der Waals surface area contributed by atoms with Crippen LogP contribution >= 0.6 is 0 Å². The first kappa shape index (κ1) is 19.1. The number of nitrogens with zero attached hydrogens (tertiary/aromatic N) is 4. The molecule has 3 saturated heterocycles. The molecule has 1 atom stereocenters. The van der Waals surface area contributed by atoms with Crippen LogP contribution in [0.1, 0.15) is 73.5 Å². The van der Waals surface area contributed by atoms with E-state index in [4.69, 9.17) is 0 Å². The minimum Gasteiger partial charge on any atom is -0.341 e. The summed E-state index contributed by atoms with van der Waals surface area (Å²) in [7, 11) is 2.11. The predicted molar refractivity (Wildman–Crippen MR) is 110 cm³/mol. The summed E-state index contributed by atoms with van der Waals surface area (Å²) in [6.45, 7) is 4.26. The van der Waals surface area contributed by atoms with Gasteiger partial charge in [0.05, 0.1) is 6.04 Å². The summed E-state index contributed by atoms with van der Waals surface area (Å²) >= 11 is 0. The zero-order valence-electron chi connectivity index (χ0n) is 17.5. The van der Waals surface area contributed by atoms with Gasteiger partial charge in [-0.3, -0.25) is 19.6 Å². The largest absolute Gasteiger partial charge is 0.341 e. The smallest absolute Gasteiger partial charge is 0.274 e. The van der Waals surface area contributed by atoms with E-state index in [2.05, 4.69) is 27.0 Å². The van der Waals surface area contributed by atoms with Crippen molar-refractivity contribution in [1.29, 1.82) is 0 Å². The Morgan fingerprint density at radius 3 is 2.41 bits per heavy atom. The molecular weight excluding hydrogens is 366 g/mol. The SMILES string of the molecule is CN1CCCC2(CCN(C(=O)c3cc(C4CC4)[nH]n3)CC2)C1C(=O)N1CCCC1. The Morgan fingerprint density at radius 2 is 1.72 bits per heavy atom. The molecule has 7 nitrogen and oxygen atoms in total. The molecule has 3 aliphatic heterocycles. The second kappa shape index (κ2) is 7.42. The van der Waals surface area contributed by atoms with E-state index in [9.17, 15) is 9.59 Å². The molecule has 1 unspecified atom stereocenters. The van der Waals surface area contributed by atoms with E-state index < -0.39 is 0 Å². The molecule has 158 valence electrons. The number of amides is 2. The molecule has 1 saturated carbocycles. The zero-order valence-corrected chi connectivity index (χ0v) is 17.5. The molecule has 0 bridgehead atoms. The minimum atomic E-state index is -0.0292. The fourth-order valence-electron chi connectivity index (χ4n) is 5.86. The first-order valence-corrected chi connectivity index (χ1v) is 11.4. The molecule has 4 aliphatic rings. The summed E-state index contributed by atoms with van der Waals surface area (Å²) in [6.07, 6.45) is 8.70. The number of likely N-dealkylation sites (tertiary alicyclic amines) is 3. The second-order valence-electron chi connectivity index (χ2n) is 9.66. The van der Waals surface area contributed by atoms with Crippen LogP contribution in [0.2, 0.25) is 0 Å². The van der Waals surface area contributed by atoms with Crippen LogP contribution in [0.5, 0.6) is 0 Å². The third kappa shape index (κ3) is 3.47. The third-order valence-electron chi connectivity index (χ3n) is 7.74. The summed E-state index contributed by atoms with van der Waals surface area (Å²) < 4.78 is 0. The maximum atomic E-state index is 13.4. The molecule has 0 radical (unpaired) electrons. The van der Waals surface area contributed by atoms with Gasteiger partial charge in [0.2, 0.25) is 5.91 Å². The maximum Gasteiger partial charge on any atom is 0.274 e. The van der Waals surface area contributed by atoms with Crippen LogP contribution in [-0.4, -0.2) is 82.5 Å². The van der Waals surface area contributed by atoms with Gasteiger partial charge in [-0.1, -0.05) is 0 Å². The van der Waals surface area contributed by atoms with Crippen LogP contribution in [0.4, 0.5) is 0 Å². The Hall–Kier alpha value is -1.89. The van der Waals surface area contributed by atoms with Gasteiger partial charge in [0.1, 0.15) is 5.69 Å². The fraction of sp³-hybridized carbons (Fsp3) is 0.773. The zero-order chi connectivity index (χ0) is 20.0. The Kier molecular flexibility index (Phi) is 4.88. The average molecular weight is 400 g/mol. The highest BCUT2D eigenvalue weighted by molar-refractivity contribution is 5.92. The number of H-pyrrole nitrogens is 1. The average Bonchev–Trinajstić information content (AvgIpc) is 3.22. The number of carbonyl (C=O) groups is 2. The normalized spacial score (nSPS) is 27.6. The molecule has 4 fully saturated rings. The molecule has 1 aliphatic carbocycles. The number of rotatable bonds is 3. The van der Waals surface area contributed by atoms with Gasteiger partial charge in [0.25, 0.3) is 5.91 Å². The van der Waals surface area contributed by atoms with E-state index in [0.29, 0.717) is 17.5 Å². The van der Waals surface area contributed by atoms with E-state index in [-0.39, 0.29) is 17.4 Å². The van der Waals surface area contributed by atoms with Crippen LogP contribution in [0.3, 0.4) is 0 Å². The number of aromatic amines is 1. The molecule has 2 amide bonds. The number of aromatic nitrogens is 2. The van der Waals surface area contributed by atoms with Crippen molar-refractivity contribution in [1.82, 2.24) is 24.9 Å². The highest BCUT2D eigenvalue weighted by Gasteiger charge is 2.50. The molecule has 29 heavy (non-hydrogen) atoms. The summed E-state index contributed by atoms with van der Waals surface area (Å²) in [5.41, 5.74) is 1.66. The maximum absolute atomic E-state index is 13.4. The van der Waals surface area contributed by atoms with Gasteiger partial charge in [0, 0.05) is 37.8 Å². The van der Waals surface area contributed by atoms with Crippen molar-refractivity contribution in [2.75, 3.05) is 39.8 Å². The van der Waals surface area contributed by atoms with Gasteiger partial charge < -0.3 is 9.80 Å². The van der Waals surface area contributed by atoms with Gasteiger partial charge >= 0.3 is 0 Å². The summed E-state index contributed by atoms with van der Waals surface area (Å²) in [6, 6.07) is 1.91. The Balaban J connectivity index is 1.28. The van der Waals surface area contributed by atoms with Crippen molar-refractivity contribution in [3.8, 4) is 0 Å². The van der Waals surface area contributed by atoms with E-state index >= 15 is 0 Å². The lowest BCUT2D eigenvalue weighted by Crippen LogP contribution is -2.61. The molecule has 1 spiro atoms. The fourth-order valence-corrected chi connectivity index (χ4v) is 5.86. The monoisotopic (exact) mass is 399 g/mol. The second-order valence-corrected chi connectivity index (χ2v) is 9.66. The van der Waals surface area contributed by atoms with Crippen LogP contribution < -0.4 is 0 Å². The van der Waals surface area contributed by atoms with Crippen LogP contribution in [0, 0.1) is 5.41 Å².